The Balaban J connectivity index is 2.39. The van der Waals surface area contributed by atoms with Crippen LogP contribution in [0.1, 0.15) is 21.5 Å². The van der Waals surface area contributed by atoms with E-state index in [0.29, 0.717) is 5.56 Å². The molecule has 2 rings (SSSR count). The number of benzene rings is 2. The van der Waals surface area contributed by atoms with Gasteiger partial charge in [0.2, 0.25) is 0 Å². The number of phenols is 1. The molecule has 0 spiro atoms. The van der Waals surface area contributed by atoms with E-state index in [1.807, 2.05) is 6.92 Å². The van der Waals surface area contributed by atoms with Crippen molar-refractivity contribution >= 4 is 21.4 Å². The maximum absolute atomic E-state index is 12.4. The minimum atomic E-state index is -3.39. The molecular weight excluding hydrogens is 302 g/mol. The lowest BCUT2D eigenvalue weighted by molar-refractivity contribution is 0.102. The zero-order valence-corrected chi connectivity index (χ0v) is 13.4. The number of phenolic OH excluding ortho intramolecular Hbond substituents is 1. The Morgan fingerprint density at radius 1 is 1.09 bits per heavy atom. The molecule has 6 heteroatoms. The number of amides is 1. The van der Waals surface area contributed by atoms with Crippen molar-refractivity contribution < 1.29 is 18.3 Å². The van der Waals surface area contributed by atoms with E-state index >= 15 is 0 Å². The van der Waals surface area contributed by atoms with Gasteiger partial charge < -0.3 is 10.4 Å². The largest absolute Gasteiger partial charge is 0.506 e. The molecule has 0 heterocycles. The third-order valence-corrected chi connectivity index (χ3v) is 4.39. The van der Waals surface area contributed by atoms with Crippen molar-refractivity contribution in [3.05, 3.63) is 53.1 Å². The van der Waals surface area contributed by atoms with Gasteiger partial charge in [-0.05, 0) is 49.2 Å². The van der Waals surface area contributed by atoms with Gasteiger partial charge in [-0.2, -0.15) is 0 Å². The predicted octanol–water partition coefficient (Wildman–Crippen LogP) is 2.66. The van der Waals surface area contributed by atoms with E-state index in [2.05, 4.69) is 5.32 Å². The normalized spacial score (nSPS) is 11.2. The van der Waals surface area contributed by atoms with Crippen LogP contribution in [-0.4, -0.2) is 25.7 Å². The molecule has 0 saturated carbocycles. The highest BCUT2D eigenvalue weighted by Crippen LogP contribution is 2.25. The van der Waals surface area contributed by atoms with E-state index < -0.39 is 15.7 Å². The van der Waals surface area contributed by atoms with E-state index in [1.165, 1.54) is 18.2 Å². The second-order valence-corrected chi connectivity index (χ2v) is 7.24. The molecule has 0 radical (unpaired) electrons. The first kappa shape index (κ1) is 16.0. The lowest BCUT2D eigenvalue weighted by atomic mass is 10.1. The van der Waals surface area contributed by atoms with Crippen molar-refractivity contribution in [2.24, 2.45) is 0 Å². The fourth-order valence-electron chi connectivity index (χ4n) is 2.02. The number of anilines is 1. The van der Waals surface area contributed by atoms with E-state index in [0.717, 1.165) is 11.8 Å². The van der Waals surface area contributed by atoms with Gasteiger partial charge in [0, 0.05) is 11.8 Å². The van der Waals surface area contributed by atoms with Crippen molar-refractivity contribution in [3.63, 3.8) is 0 Å². The van der Waals surface area contributed by atoms with Gasteiger partial charge in [-0.3, -0.25) is 4.79 Å². The van der Waals surface area contributed by atoms with Gasteiger partial charge in [-0.1, -0.05) is 12.1 Å². The molecule has 2 N–H and O–H groups in total. The van der Waals surface area contributed by atoms with Gasteiger partial charge in [0.15, 0.2) is 9.84 Å². The first-order valence-corrected chi connectivity index (χ1v) is 8.49. The lowest BCUT2D eigenvalue weighted by Gasteiger charge is -2.11. The summed E-state index contributed by atoms with van der Waals surface area (Å²) in [4.78, 5) is 12.4. The number of rotatable bonds is 3. The maximum Gasteiger partial charge on any atom is 0.256 e. The highest BCUT2D eigenvalue weighted by molar-refractivity contribution is 7.90. The molecule has 0 bridgehead atoms. The minimum absolute atomic E-state index is 0.0455. The van der Waals surface area contributed by atoms with E-state index in [1.54, 1.807) is 25.1 Å². The zero-order valence-electron chi connectivity index (χ0n) is 12.5. The van der Waals surface area contributed by atoms with Crippen LogP contribution in [0.4, 0.5) is 5.69 Å². The van der Waals surface area contributed by atoms with Gasteiger partial charge in [-0.25, -0.2) is 8.42 Å². The van der Waals surface area contributed by atoms with Crippen LogP contribution in [-0.2, 0) is 9.84 Å². The number of carbonyl (C=O) groups is 1. The average Bonchev–Trinajstić information content (AvgIpc) is 2.42. The topological polar surface area (TPSA) is 83.5 Å². The Bertz CT molecular complexity index is 841. The van der Waals surface area contributed by atoms with Crippen LogP contribution in [0.5, 0.6) is 5.75 Å². The number of carbonyl (C=O) groups excluding carboxylic acids is 1. The molecule has 0 aliphatic carbocycles. The first-order valence-electron chi connectivity index (χ1n) is 6.60. The van der Waals surface area contributed by atoms with Gasteiger partial charge in [0.1, 0.15) is 5.75 Å². The fourth-order valence-corrected chi connectivity index (χ4v) is 2.66. The maximum atomic E-state index is 12.4. The van der Waals surface area contributed by atoms with E-state index in [4.69, 9.17) is 0 Å². The molecule has 5 nitrogen and oxygen atoms in total. The molecule has 2 aromatic rings. The third kappa shape index (κ3) is 3.46. The SMILES string of the molecule is Cc1ccc(O)c(NC(=O)c2cc(S(C)(=O)=O)ccc2C)c1. The molecule has 0 aliphatic heterocycles. The molecule has 22 heavy (non-hydrogen) atoms. The summed E-state index contributed by atoms with van der Waals surface area (Å²) in [5, 5.41) is 12.4. The summed E-state index contributed by atoms with van der Waals surface area (Å²) in [6, 6.07) is 9.24. The molecule has 0 unspecified atom stereocenters. The molecule has 116 valence electrons. The van der Waals surface area contributed by atoms with Crippen molar-refractivity contribution in [1.82, 2.24) is 0 Å². The summed E-state index contributed by atoms with van der Waals surface area (Å²) in [5.41, 5.74) is 2.07. The standard InChI is InChI=1S/C16H17NO4S/c1-10-4-7-15(18)14(8-10)17-16(19)13-9-12(22(3,20)21)6-5-11(13)2/h4-9,18H,1-3H3,(H,17,19). The Hall–Kier alpha value is -2.34. The minimum Gasteiger partial charge on any atom is -0.506 e. The van der Waals surface area contributed by atoms with Gasteiger partial charge in [-0.15, -0.1) is 0 Å². The predicted molar refractivity (Wildman–Crippen MR) is 85.1 cm³/mol. The summed E-state index contributed by atoms with van der Waals surface area (Å²) in [6.45, 7) is 3.56. The number of nitrogens with one attached hydrogen (secondary N) is 1. The smallest absolute Gasteiger partial charge is 0.256 e. The molecule has 1 amide bonds. The molecule has 0 aromatic heterocycles. The van der Waals surface area contributed by atoms with Gasteiger partial charge in [0.05, 0.1) is 10.6 Å². The number of aryl methyl sites for hydroxylation is 2. The quantitative estimate of drug-likeness (QED) is 0.852. The summed E-state index contributed by atoms with van der Waals surface area (Å²) in [6.07, 6.45) is 1.09. The fraction of sp³-hybridized carbons (Fsp3) is 0.188. The number of aromatic hydroxyl groups is 1. The van der Waals surface area contributed by atoms with Gasteiger partial charge >= 0.3 is 0 Å². The summed E-state index contributed by atoms with van der Waals surface area (Å²) in [5.74, 6) is -0.514. The first-order chi connectivity index (χ1) is 10.2. The van der Waals surface area contributed by atoms with Crippen molar-refractivity contribution in [3.8, 4) is 5.75 Å². The van der Waals surface area contributed by atoms with Gasteiger partial charge in [0.25, 0.3) is 5.91 Å². The monoisotopic (exact) mass is 319 g/mol. The number of hydrogen-bond donors (Lipinski definition) is 2. The molecule has 0 atom stereocenters. The highest BCUT2D eigenvalue weighted by atomic mass is 32.2. The van der Waals surface area contributed by atoms with E-state index in [9.17, 15) is 18.3 Å². The lowest BCUT2D eigenvalue weighted by Crippen LogP contribution is -2.14. The Kier molecular flexibility index (Phi) is 4.23. The van der Waals surface area contributed by atoms with Crippen LogP contribution >= 0.6 is 0 Å². The van der Waals surface area contributed by atoms with E-state index in [-0.39, 0.29) is 21.9 Å². The Morgan fingerprint density at radius 2 is 1.77 bits per heavy atom. The van der Waals surface area contributed by atoms with Crippen molar-refractivity contribution in [2.75, 3.05) is 11.6 Å². The highest BCUT2D eigenvalue weighted by Gasteiger charge is 2.15. The number of hydrogen-bond acceptors (Lipinski definition) is 4. The molecule has 2 aromatic carbocycles. The van der Waals surface area contributed by atoms with Crippen LogP contribution in [0.25, 0.3) is 0 Å². The van der Waals surface area contributed by atoms with Crippen LogP contribution in [0.2, 0.25) is 0 Å². The summed E-state index contributed by atoms with van der Waals surface area (Å²) in [7, 11) is -3.39. The summed E-state index contributed by atoms with van der Waals surface area (Å²) < 4.78 is 23.2. The Morgan fingerprint density at radius 3 is 2.41 bits per heavy atom. The third-order valence-electron chi connectivity index (χ3n) is 3.28. The zero-order chi connectivity index (χ0) is 16.5. The average molecular weight is 319 g/mol. The van der Waals surface area contributed by atoms with Crippen molar-refractivity contribution in [2.45, 2.75) is 18.7 Å². The number of sulfone groups is 1. The van der Waals surface area contributed by atoms with Crippen LogP contribution in [0.15, 0.2) is 41.3 Å². The Labute approximate surface area is 129 Å². The summed E-state index contributed by atoms with van der Waals surface area (Å²) >= 11 is 0. The molecule has 0 fully saturated rings. The molecule has 0 aliphatic rings. The molecular formula is C16H17NO4S. The van der Waals surface area contributed by atoms with Crippen molar-refractivity contribution in [1.29, 1.82) is 0 Å². The second kappa shape index (κ2) is 5.81. The van der Waals surface area contributed by atoms with Crippen LogP contribution in [0, 0.1) is 13.8 Å². The molecule has 0 saturated heterocycles. The van der Waals surface area contributed by atoms with Crippen LogP contribution in [0.3, 0.4) is 0 Å². The second-order valence-electron chi connectivity index (χ2n) is 5.22. The van der Waals surface area contributed by atoms with Crippen LogP contribution < -0.4 is 5.32 Å².